The number of hydrogen-bond donors (Lipinski definition) is 0. The van der Waals surface area contributed by atoms with Gasteiger partial charge in [0.05, 0.1) is 11.4 Å². The van der Waals surface area contributed by atoms with Gasteiger partial charge in [-0.05, 0) is 186 Å². The van der Waals surface area contributed by atoms with Crippen LogP contribution >= 0.6 is 127 Å². The molecule has 0 saturated heterocycles. The van der Waals surface area contributed by atoms with E-state index in [1.807, 2.05) is 45.3 Å². The minimum absolute atomic E-state index is 1.18. The van der Waals surface area contributed by atoms with Gasteiger partial charge in [0.2, 0.25) is 0 Å². The molecule has 7 heterocycles. The van der Waals surface area contributed by atoms with Gasteiger partial charge < -0.3 is 0 Å². The Balaban J connectivity index is 0.000000203. The summed E-state index contributed by atoms with van der Waals surface area (Å²) < 4.78 is 3.68. The second kappa shape index (κ2) is 25.8. The average molecular weight is 1070 g/mol. The van der Waals surface area contributed by atoms with E-state index >= 15 is 0 Å². The van der Waals surface area contributed by atoms with Crippen LogP contribution in [-0.4, -0.2) is 0 Å². The van der Waals surface area contributed by atoms with E-state index in [1.165, 1.54) is 163 Å². The van der Waals surface area contributed by atoms with Gasteiger partial charge in [0.1, 0.15) is 0 Å². The predicted molar refractivity (Wildman–Crippen MR) is 273 cm³/mol. The zero-order valence-electron chi connectivity index (χ0n) is 32.7. The van der Waals surface area contributed by atoms with Crippen molar-refractivity contribution in [1.29, 1.82) is 0 Å². The first-order valence-electron chi connectivity index (χ1n) is 20.0. The van der Waals surface area contributed by atoms with Crippen LogP contribution in [0.15, 0.2) is 94.2 Å². The summed E-state index contributed by atoms with van der Waals surface area (Å²) in [5, 5.41) is 6.69. The second-order valence-corrected chi connectivity index (χ2v) is 24.9. The summed E-state index contributed by atoms with van der Waals surface area (Å²) in [7, 11) is 0. The molecule has 10 heteroatoms. The summed E-state index contributed by atoms with van der Waals surface area (Å²) in [6.07, 6.45) is 19.7. The fourth-order valence-electron chi connectivity index (χ4n) is 6.30. The summed E-state index contributed by atoms with van der Waals surface area (Å²) in [5.74, 6) is 0. The van der Waals surface area contributed by atoms with E-state index in [-0.39, 0.29) is 0 Å². The third kappa shape index (κ3) is 14.8. The smallest absolute Gasteiger partial charge is 0.0730 e. The lowest BCUT2D eigenvalue weighted by molar-refractivity contribution is 0.667. The Hall–Kier alpha value is -0.660. The molecule has 0 fully saturated rings. The summed E-state index contributed by atoms with van der Waals surface area (Å²) in [6.45, 7) is 6.82. The van der Waals surface area contributed by atoms with E-state index < -0.39 is 0 Å². The van der Waals surface area contributed by atoms with Crippen LogP contribution in [0, 0.1) is 0 Å². The van der Waals surface area contributed by atoms with Crippen LogP contribution in [0.5, 0.6) is 0 Å². The van der Waals surface area contributed by atoms with Crippen LogP contribution in [0.4, 0.5) is 0 Å². The molecule has 300 valence electrons. The molecule has 0 aliphatic heterocycles. The van der Waals surface area contributed by atoms with Crippen LogP contribution in [0.25, 0.3) is 39.0 Å². The quantitative estimate of drug-likeness (QED) is 0.0708. The largest absolute Gasteiger partial charge is 0.143 e. The molecule has 0 aromatic carbocycles. The molecule has 0 radical (unpaired) electrons. The number of unbranched alkanes of at least 4 members (excludes halogenated alkanes) is 9. The van der Waals surface area contributed by atoms with Gasteiger partial charge in [-0.2, -0.15) is 0 Å². The first-order valence-corrected chi connectivity index (χ1v) is 28.2. The molecule has 56 heavy (non-hydrogen) atoms. The van der Waals surface area contributed by atoms with Crippen LogP contribution in [0.3, 0.4) is 0 Å². The maximum Gasteiger partial charge on any atom is 0.0730 e. The minimum Gasteiger partial charge on any atom is -0.143 e. The van der Waals surface area contributed by atoms with E-state index in [0.717, 1.165) is 0 Å². The average Bonchev–Trinajstić information content (AvgIpc) is 4.05. The molecule has 0 saturated carbocycles. The van der Waals surface area contributed by atoms with Crippen molar-refractivity contribution in [3.8, 4) is 39.0 Å². The van der Waals surface area contributed by atoms with Gasteiger partial charge in [0, 0.05) is 39.0 Å². The van der Waals surface area contributed by atoms with Gasteiger partial charge in [0.25, 0.3) is 0 Å². The highest BCUT2D eigenvalue weighted by Gasteiger charge is 2.14. The van der Waals surface area contributed by atoms with Crippen LogP contribution < -0.4 is 0 Å². The van der Waals surface area contributed by atoms with E-state index in [9.17, 15) is 0 Å². The molecule has 0 aliphatic rings. The number of thiophene rings is 7. The van der Waals surface area contributed by atoms with Crippen molar-refractivity contribution in [2.24, 2.45) is 0 Å². The Labute approximate surface area is 389 Å². The third-order valence-corrected chi connectivity index (χ3v) is 19.3. The molecular formula is C46H53Br3S7. The Kier molecular flexibility index (Phi) is 21.4. The van der Waals surface area contributed by atoms with Crippen molar-refractivity contribution in [2.75, 3.05) is 0 Å². The number of aryl methyl sites for hydroxylation is 3. The SMILES string of the molecule is Brc1ccc(-c2ccc(Br)s2)s1.CCCCCCc1ccsc1-c1ccc(-c2ccc(-c3sccc3CCCCCC)s2)s1.CCCCCCc1ccsc1Br. The molecule has 0 unspecified atom stereocenters. The van der Waals surface area contributed by atoms with Crippen molar-refractivity contribution < 1.29 is 0 Å². The summed E-state index contributed by atoms with van der Waals surface area (Å²) in [4.78, 5) is 11.3. The fourth-order valence-corrected chi connectivity index (χ4v) is 14.8. The first kappa shape index (κ1) is 46.4. The molecule has 0 atom stereocenters. The Morgan fingerprint density at radius 3 is 1.09 bits per heavy atom. The topological polar surface area (TPSA) is 0 Å². The van der Waals surface area contributed by atoms with Crippen molar-refractivity contribution >= 4 is 127 Å². The molecule has 7 rings (SSSR count). The molecule has 0 amide bonds. The lowest BCUT2D eigenvalue weighted by Crippen LogP contribution is -1.85. The van der Waals surface area contributed by atoms with Gasteiger partial charge in [-0.3, -0.25) is 0 Å². The molecule has 0 nitrogen and oxygen atoms in total. The summed E-state index contributed by atoms with van der Waals surface area (Å²) in [5.41, 5.74) is 4.56. The number of rotatable bonds is 19. The highest BCUT2D eigenvalue weighted by molar-refractivity contribution is 9.11. The highest BCUT2D eigenvalue weighted by Crippen LogP contribution is 2.44. The normalized spacial score (nSPS) is 11.0. The zero-order valence-corrected chi connectivity index (χ0v) is 43.2. The van der Waals surface area contributed by atoms with Crippen molar-refractivity contribution in [2.45, 2.75) is 117 Å². The monoisotopic (exact) mass is 1070 g/mol. The van der Waals surface area contributed by atoms with Gasteiger partial charge in [-0.25, -0.2) is 0 Å². The van der Waals surface area contributed by atoms with Gasteiger partial charge >= 0.3 is 0 Å². The van der Waals surface area contributed by atoms with Crippen molar-refractivity contribution in [3.63, 3.8) is 0 Å². The Bertz CT molecular complexity index is 1970. The van der Waals surface area contributed by atoms with Gasteiger partial charge in [-0.15, -0.1) is 79.4 Å². The van der Waals surface area contributed by atoms with Crippen LogP contribution in [0.2, 0.25) is 0 Å². The van der Waals surface area contributed by atoms with Gasteiger partial charge in [-0.1, -0.05) is 78.6 Å². The molecule has 0 spiro atoms. The molecule has 7 aromatic rings. The van der Waals surface area contributed by atoms with Crippen molar-refractivity contribution in [3.05, 3.63) is 111 Å². The standard InChI is InChI=1S/C28H34S4.C10H15BrS.C8H4Br2S2/c1-3-5-7-9-11-21-17-19-29-27(21)25-15-13-23(31-25)24-14-16-26(32-24)28-22(18-20-30-28)12-10-8-6-4-2;1-2-3-4-5-6-9-7-8-12-10(9)11;9-7-3-1-5(11-7)6-2-4-8(10)12-6/h13-20H,3-12H2,1-2H3;7-8H,2-6H2,1H3;1-4H. The number of halogens is 3. The minimum atomic E-state index is 1.18. The van der Waals surface area contributed by atoms with E-state index in [2.05, 4.69) is 151 Å². The van der Waals surface area contributed by atoms with E-state index in [4.69, 9.17) is 0 Å². The van der Waals surface area contributed by atoms with E-state index in [0.29, 0.717) is 0 Å². The fraction of sp³-hybridized carbons (Fsp3) is 0.391. The Morgan fingerprint density at radius 1 is 0.357 bits per heavy atom. The molecular weight excluding hydrogens is 1020 g/mol. The number of hydrogen-bond acceptors (Lipinski definition) is 7. The lowest BCUT2D eigenvalue weighted by atomic mass is 10.1. The maximum atomic E-state index is 3.55. The second-order valence-electron chi connectivity index (χ2n) is 13.7. The summed E-state index contributed by atoms with van der Waals surface area (Å²) in [6, 6.07) is 24.7. The molecule has 0 aliphatic carbocycles. The Morgan fingerprint density at radius 2 is 0.714 bits per heavy atom. The highest BCUT2D eigenvalue weighted by atomic mass is 79.9. The third-order valence-electron chi connectivity index (χ3n) is 9.38. The van der Waals surface area contributed by atoms with Gasteiger partial charge in [0.15, 0.2) is 0 Å². The predicted octanol–water partition coefficient (Wildman–Crippen LogP) is 20.8. The first-order chi connectivity index (χ1) is 27.4. The maximum absolute atomic E-state index is 3.55. The lowest BCUT2D eigenvalue weighted by Gasteiger charge is -2.02. The van der Waals surface area contributed by atoms with Crippen LogP contribution in [-0.2, 0) is 19.3 Å². The molecule has 7 aromatic heterocycles. The van der Waals surface area contributed by atoms with Crippen LogP contribution in [0.1, 0.15) is 115 Å². The van der Waals surface area contributed by atoms with Crippen molar-refractivity contribution in [1.82, 2.24) is 0 Å². The zero-order chi connectivity index (χ0) is 39.5. The van der Waals surface area contributed by atoms with E-state index in [1.54, 1.807) is 34.0 Å². The summed E-state index contributed by atoms with van der Waals surface area (Å²) >= 11 is 23.5. The molecule has 0 N–H and O–H groups in total. The molecule has 0 bridgehead atoms.